The molecule has 1 aromatic heterocycles. The maximum atomic E-state index is 12.6. The van der Waals surface area contributed by atoms with Crippen LogP contribution in [0.4, 0.5) is 9.59 Å². The van der Waals surface area contributed by atoms with Crippen LogP contribution in [0.5, 0.6) is 0 Å². The third-order valence-corrected chi connectivity index (χ3v) is 8.05. The first-order valence-corrected chi connectivity index (χ1v) is 13.8. The molecule has 0 radical (unpaired) electrons. The number of hydrogen-bond acceptors (Lipinski definition) is 4. The number of carbonyl (C=O) groups excluding carboxylic acids is 2. The largest absolute Gasteiger partial charge is 0.445 e. The molecule has 0 saturated heterocycles. The van der Waals surface area contributed by atoms with Crippen LogP contribution in [-0.2, 0) is 29.1 Å². The van der Waals surface area contributed by atoms with Crippen molar-refractivity contribution >= 4 is 12.2 Å². The topological polar surface area (TPSA) is 81.6 Å². The Morgan fingerprint density at radius 1 is 0.861 bits per heavy atom. The predicted molar refractivity (Wildman–Crippen MR) is 139 cm³/mol. The van der Waals surface area contributed by atoms with E-state index in [4.69, 9.17) is 9.47 Å². The Labute approximate surface area is 213 Å². The zero-order valence-electron chi connectivity index (χ0n) is 21.4. The lowest BCUT2D eigenvalue weighted by molar-refractivity contribution is 0.125. The molecule has 7 heteroatoms. The maximum absolute atomic E-state index is 12.6. The van der Waals surface area contributed by atoms with Gasteiger partial charge in [-0.3, -0.25) is 0 Å². The minimum Gasteiger partial charge on any atom is -0.445 e. The van der Waals surface area contributed by atoms with Crippen LogP contribution in [0.1, 0.15) is 93.9 Å². The Morgan fingerprint density at radius 2 is 1.44 bits per heavy atom. The summed E-state index contributed by atoms with van der Waals surface area (Å²) in [6, 6.07) is 9.05. The van der Waals surface area contributed by atoms with Crippen LogP contribution in [0.3, 0.4) is 0 Å². The van der Waals surface area contributed by atoms with Gasteiger partial charge in [0.25, 0.3) is 0 Å². The van der Waals surface area contributed by atoms with Crippen LogP contribution >= 0.6 is 0 Å². The lowest BCUT2D eigenvalue weighted by atomic mass is 9.92. The Morgan fingerprint density at radius 3 is 2.08 bits per heavy atom. The van der Waals surface area contributed by atoms with Crippen molar-refractivity contribution in [1.82, 2.24) is 15.2 Å². The van der Waals surface area contributed by atoms with Gasteiger partial charge in [-0.15, -0.1) is 0 Å². The molecule has 0 bridgehead atoms. The molecular formula is C29H39N3O4. The van der Waals surface area contributed by atoms with E-state index in [2.05, 4.69) is 46.5 Å². The van der Waals surface area contributed by atoms with Crippen molar-refractivity contribution in [2.75, 3.05) is 0 Å². The first-order valence-electron chi connectivity index (χ1n) is 13.8. The number of benzene rings is 1. The molecule has 2 amide bonds. The SMILES string of the molecule is CC1Cc2ccccc2-c2c(COC(=O)NC3CCCCC3)c(COC(=O)NC3CCCCC3)cn21. The summed E-state index contributed by atoms with van der Waals surface area (Å²) in [5.74, 6) is 0. The molecule has 2 N–H and O–H groups in total. The summed E-state index contributed by atoms with van der Waals surface area (Å²) in [5.41, 5.74) is 5.29. The van der Waals surface area contributed by atoms with Crippen molar-refractivity contribution in [1.29, 1.82) is 0 Å². The third-order valence-electron chi connectivity index (χ3n) is 8.05. The average Bonchev–Trinajstić information content (AvgIpc) is 3.27. The van der Waals surface area contributed by atoms with E-state index in [-0.39, 0.29) is 43.5 Å². The first kappa shape index (κ1) is 24.7. The van der Waals surface area contributed by atoms with Crippen molar-refractivity contribution < 1.29 is 19.1 Å². The van der Waals surface area contributed by atoms with Gasteiger partial charge in [-0.25, -0.2) is 9.59 Å². The molecule has 1 unspecified atom stereocenters. The number of fused-ring (bicyclic) bond motifs is 3. The van der Waals surface area contributed by atoms with Crippen LogP contribution < -0.4 is 10.6 Å². The molecule has 0 spiro atoms. The van der Waals surface area contributed by atoms with E-state index in [1.807, 2.05) is 6.07 Å². The Bertz CT molecular complexity index is 1070. The lowest BCUT2D eigenvalue weighted by Gasteiger charge is -2.26. The van der Waals surface area contributed by atoms with E-state index in [9.17, 15) is 9.59 Å². The highest BCUT2D eigenvalue weighted by Crippen LogP contribution is 2.39. The molecule has 3 aliphatic rings. The predicted octanol–water partition coefficient (Wildman–Crippen LogP) is 6.39. The monoisotopic (exact) mass is 493 g/mol. The highest BCUT2D eigenvalue weighted by Gasteiger charge is 2.28. The Kier molecular flexibility index (Phi) is 7.83. The molecule has 1 aromatic carbocycles. The number of aromatic nitrogens is 1. The zero-order valence-corrected chi connectivity index (χ0v) is 21.4. The van der Waals surface area contributed by atoms with Gasteiger partial charge in [0.05, 0.1) is 5.69 Å². The number of amides is 2. The van der Waals surface area contributed by atoms with Crippen molar-refractivity contribution in [3.05, 3.63) is 47.2 Å². The van der Waals surface area contributed by atoms with Crippen molar-refractivity contribution in [3.8, 4) is 11.3 Å². The molecule has 5 rings (SSSR count). The van der Waals surface area contributed by atoms with E-state index < -0.39 is 0 Å². The number of nitrogens with one attached hydrogen (secondary N) is 2. The molecule has 1 aliphatic heterocycles. The molecule has 2 saturated carbocycles. The molecule has 2 aliphatic carbocycles. The van der Waals surface area contributed by atoms with Crippen molar-refractivity contribution in [3.63, 3.8) is 0 Å². The fraction of sp³-hybridized carbons (Fsp3) is 0.586. The first-order chi connectivity index (χ1) is 17.6. The highest BCUT2D eigenvalue weighted by molar-refractivity contribution is 5.73. The smallest absolute Gasteiger partial charge is 0.407 e. The fourth-order valence-corrected chi connectivity index (χ4v) is 6.09. The molecule has 7 nitrogen and oxygen atoms in total. The third kappa shape index (κ3) is 5.71. The molecule has 2 aromatic rings. The van der Waals surface area contributed by atoms with Crippen molar-refractivity contribution in [2.24, 2.45) is 0 Å². The van der Waals surface area contributed by atoms with Gasteiger partial charge in [-0.1, -0.05) is 62.8 Å². The van der Waals surface area contributed by atoms with Gasteiger partial charge < -0.3 is 24.7 Å². The second kappa shape index (κ2) is 11.4. The summed E-state index contributed by atoms with van der Waals surface area (Å²) >= 11 is 0. The number of rotatable bonds is 6. The van der Waals surface area contributed by atoms with E-state index >= 15 is 0 Å². The van der Waals surface area contributed by atoms with E-state index in [0.717, 1.165) is 80.2 Å². The second-order valence-corrected chi connectivity index (χ2v) is 10.7. The summed E-state index contributed by atoms with van der Waals surface area (Å²) in [4.78, 5) is 25.2. The number of nitrogens with zero attached hydrogens (tertiary/aromatic N) is 1. The highest BCUT2D eigenvalue weighted by atomic mass is 16.6. The van der Waals surface area contributed by atoms with Gasteiger partial charge in [0.1, 0.15) is 13.2 Å². The van der Waals surface area contributed by atoms with Crippen LogP contribution in [0, 0.1) is 0 Å². The van der Waals surface area contributed by atoms with Gasteiger partial charge in [-0.2, -0.15) is 0 Å². The van der Waals surface area contributed by atoms with Gasteiger partial charge in [0.15, 0.2) is 0 Å². The summed E-state index contributed by atoms with van der Waals surface area (Å²) in [7, 11) is 0. The maximum Gasteiger partial charge on any atom is 0.407 e. The van der Waals surface area contributed by atoms with Crippen LogP contribution in [-0.4, -0.2) is 28.8 Å². The number of ether oxygens (including phenoxy) is 2. The normalized spacial score (nSPS) is 20.2. The van der Waals surface area contributed by atoms with E-state index in [1.54, 1.807) is 0 Å². The molecule has 1 atom stereocenters. The minimum atomic E-state index is -0.374. The van der Waals surface area contributed by atoms with Gasteiger partial charge in [0, 0.05) is 41.0 Å². The Balaban J connectivity index is 1.32. The van der Waals surface area contributed by atoms with E-state index in [0.29, 0.717) is 0 Å². The summed E-state index contributed by atoms with van der Waals surface area (Å²) in [6.07, 6.45) is 13.4. The van der Waals surface area contributed by atoms with Crippen LogP contribution in [0.2, 0.25) is 0 Å². The van der Waals surface area contributed by atoms with Gasteiger partial charge >= 0.3 is 12.2 Å². The number of hydrogen-bond donors (Lipinski definition) is 2. The summed E-state index contributed by atoms with van der Waals surface area (Å²) in [6.45, 7) is 2.49. The fourth-order valence-electron chi connectivity index (χ4n) is 6.09. The van der Waals surface area contributed by atoms with Crippen LogP contribution in [0.25, 0.3) is 11.3 Å². The van der Waals surface area contributed by atoms with Crippen molar-refractivity contribution in [2.45, 2.75) is 109 Å². The molecule has 2 heterocycles. The minimum absolute atomic E-state index is 0.144. The molecule has 194 valence electrons. The van der Waals surface area contributed by atoms with E-state index in [1.165, 1.54) is 18.4 Å². The molecular weight excluding hydrogens is 454 g/mol. The quantitative estimate of drug-likeness (QED) is 0.489. The molecule has 2 fully saturated rings. The van der Waals surface area contributed by atoms with Gasteiger partial charge in [-0.05, 0) is 44.6 Å². The van der Waals surface area contributed by atoms with Crippen LogP contribution in [0.15, 0.2) is 30.5 Å². The second-order valence-electron chi connectivity index (χ2n) is 10.7. The summed E-state index contributed by atoms with van der Waals surface area (Å²) in [5, 5.41) is 6.07. The summed E-state index contributed by atoms with van der Waals surface area (Å²) < 4.78 is 13.7. The lowest BCUT2D eigenvalue weighted by Crippen LogP contribution is -2.36. The molecule has 36 heavy (non-hydrogen) atoms. The zero-order chi connectivity index (χ0) is 24.9. The Hall–Kier alpha value is -2.96. The van der Waals surface area contributed by atoms with Gasteiger partial charge in [0.2, 0.25) is 0 Å². The standard InChI is InChI=1S/C29H39N3O4/c1-20-16-21-10-8-9-15-25(21)27-26(19-36-29(34)31-24-13-6-3-7-14-24)22(17-32(20)27)18-35-28(33)30-23-11-4-2-5-12-23/h8-10,15,17,20,23-24H,2-7,11-14,16,18-19H2,1H3,(H,30,33)(H,31,34). The number of carbonyl (C=O) groups is 2. The number of alkyl carbamates (subject to hydrolysis) is 2. The average molecular weight is 494 g/mol.